The predicted molar refractivity (Wildman–Crippen MR) is 71.8 cm³/mol. The summed E-state index contributed by atoms with van der Waals surface area (Å²) in [7, 11) is 1.64. The highest BCUT2D eigenvalue weighted by atomic mass is 16.6. The second kappa shape index (κ2) is 12.3. The fourth-order valence-electron chi connectivity index (χ4n) is 1.28. The maximum absolute atomic E-state index is 8.72. The lowest BCUT2D eigenvalue weighted by Gasteiger charge is -2.14. The molecule has 0 aliphatic rings. The Hall–Kier alpha value is -0.710. The second-order valence-corrected chi connectivity index (χ2v) is 4.46. The summed E-state index contributed by atoms with van der Waals surface area (Å²) >= 11 is 0. The molecule has 112 valence electrons. The molecule has 0 amide bonds. The Morgan fingerprint density at radius 3 is 1.89 bits per heavy atom. The van der Waals surface area contributed by atoms with E-state index < -0.39 is 5.54 Å². The molecule has 0 fully saturated rings. The van der Waals surface area contributed by atoms with Gasteiger partial charge in [0.2, 0.25) is 0 Å². The van der Waals surface area contributed by atoms with Crippen LogP contribution in [0.4, 0.5) is 0 Å². The second-order valence-electron chi connectivity index (χ2n) is 4.46. The SMILES string of the molecule is COCCOCCOCCOCCCC(C)(N)C#N. The van der Waals surface area contributed by atoms with Crippen LogP contribution < -0.4 is 5.73 Å². The van der Waals surface area contributed by atoms with E-state index in [0.29, 0.717) is 52.7 Å². The van der Waals surface area contributed by atoms with Crippen LogP contribution >= 0.6 is 0 Å². The van der Waals surface area contributed by atoms with Crippen molar-refractivity contribution >= 4 is 0 Å². The predicted octanol–water partition coefficient (Wildman–Crippen LogP) is 0.704. The number of ether oxygens (including phenoxy) is 4. The molecule has 0 radical (unpaired) electrons. The van der Waals surface area contributed by atoms with E-state index in [1.54, 1.807) is 14.0 Å². The van der Waals surface area contributed by atoms with Crippen LogP contribution in [0, 0.1) is 11.3 Å². The van der Waals surface area contributed by atoms with Crippen LogP contribution in [0.3, 0.4) is 0 Å². The average Bonchev–Trinajstić information content (AvgIpc) is 2.40. The lowest BCUT2D eigenvalue weighted by Crippen LogP contribution is -2.34. The Labute approximate surface area is 115 Å². The lowest BCUT2D eigenvalue weighted by atomic mass is 10.00. The van der Waals surface area contributed by atoms with Gasteiger partial charge in [-0.15, -0.1) is 0 Å². The summed E-state index contributed by atoms with van der Waals surface area (Å²) in [6.45, 7) is 5.73. The van der Waals surface area contributed by atoms with Gasteiger partial charge in [0, 0.05) is 13.7 Å². The van der Waals surface area contributed by atoms with Gasteiger partial charge in [-0.1, -0.05) is 0 Å². The molecule has 0 rings (SSSR count). The van der Waals surface area contributed by atoms with E-state index in [2.05, 4.69) is 6.07 Å². The topological polar surface area (TPSA) is 86.7 Å². The van der Waals surface area contributed by atoms with Crippen LogP contribution in [0.5, 0.6) is 0 Å². The Morgan fingerprint density at radius 2 is 1.42 bits per heavy atom. The number of nitriles is 1. The van der Waals surface area contributed by atoms with Crippen LogP contribution in [-0.4, -0.2) is 58.9 Å². The number of hydrogen-bond donors (Lipinski definition) is 1. The standard InChI is InChI=1S/C13H26N2O4/c1-13(15,12-14)4-3-5-17-8-9-19-11-10-18-7-6-16-2/h3-11,15H2,1-2H3. The average molecular weight is 274 g/mol. The molecular weight excluding hydrogens is 248 g/mol. The van der Waals surface area contributed by atoms with Crippen molar-refractivity contribution in [3.63, 3.8) is 0 Å². The molecule has 0 saturated carbocycles. The maximum Gasteiger partial charge on any atom is 0.101 e. The van der Waals surface area contributed by atoms with Crippen molar-refractivity contribution in [2.45, 2.75) is 25.3 Å². The molecule has 0 bridgehead atoms. The molecule has 0 aromatic rings. The fourth-order valence-corrected chi connectivity index (χ4v) is 1.28. The minimum atomic E-state index is -0.751. The molecule has 0 heterocycles. The van der Waals surface area contributed by atoms with Gasteiger partial charge in [0.25, 0.3) is 0 Å². The summed E-state index contributed by atoms with van der Waals surface area (Å²) in [6, 6.07) is 2.06. The highest BCUT2D eigenvalue weighted by molar-refractivity contribution is 5.00. The minimum absolute atomic E-state index is 0.547. The molecule has 0 spiro atoms. The Balaban J connectivity index is 3.10. The zero-order valence-corrected chi connectivity index (χ0v) is 12.0. The number of nitrogens with two attached hydrogens (primary N) is 1. The number of nitrogens with zero attached hydrogens (tertiary/aromatic N) is 1. The van der Waals surface area contributed by atoms with Crippen molar-refractivity contribution in [2.75, 3.05) is 53.4 Å². The molecule has 0 saturated heterocycles. The maximum atomic E-state index is 8.72. The molecule has 0 aromatic carbocycles. The third kappa shape index (κ3) is 13.5. The molecule has 6 nitrogen and oxygen atoms in total. The third-order valence-corrected chi connectivity index (χ3v) is 2.42. The van der Waals surface area contributed by atoms with Gasteiger partial charge in [-0.05, 0) is 19.8 Å². The van der Waals surface area contributed by atoms with Gasteiger partial charge in [-0.2, -0.15) is 5.26 Å². The normalized spacial score (nSPS) is 14.0. The van der Waals surface area contributed by atoms with Crippen molar-refractivity contribution in [3.8, 4) is 6.07 Å². The molecule has 1 unspecified atom stereocenters. The minimum Gasteiger partial charge on any atom is -0.382 e. The number of rotatable bonds is 13. The van der Waals surface area contributed by atoms with Crippen LogP contribution in [0.2, 0.25) is 0 Å². The van der Waals surface area contributed by atoms with E-state index >= 15 is 0 Å². The molecule has 1 atom stereocenters. The first-order chi connectivity index (χ1) is 9.12. The van der Waals surface area contributed by atoms with E-state index in [1.807, 2.05) is 0 Å². The zero-order chi connectivity index (χ0) is 14.4. The Kier molecular flexibility index (Phi) is 11.9. The monoisotopic (exact) mass is 274 g/mol. The summed E-state index contributed by atoms with van der Waals surface area (Å²) in [6.07, 6.45) is 1.42. The third-order valence-electron chi connectivity index (χ3n) is 2.42. The fraction of sp³-hybridized carbons (Fsp3) is 0.923. The molecule has 19 heavy (non-hydrogen) atoms. The Bertz CT molecular complexity index is 241. The van der Waals surface area contributed by atoms with Crippen molar-refractivity contribution in [2.24, 2.45) is 5.73 Å². The summed E-state index contributed by atoms with van der Waals surface area (Å²) in [5, 5.41) is 8.72. The highest BCUT2D eigenvalue weighted by Crippen LogP contribution is 2.06. The summed E-state index contributed by atoms with van der Waals surface area (Å²) in [5.74, 6) is 0. The largest absolute Gasteiger partial charge is 0.382 e. The van der Waals surface area contributed by atoms with Gasteiger partial charge in [0.1, 0.15) is 5.54 Å². The van der Waals surface area contributed by atoms with Gasteiger partial charge in [0.05, 0.1) is 45.7 Å². The van der Waals surface area contributed by atoms with Gasteiger partial charge >= 0.3 is 0 Å². The molecule has 0 aromatic heterocycles. The molecule has 0 aliphatic heterocycles. The van der Waals surface area contributed by atoms with Gasteiger partial charge < -0.3 is 24.7 Å². The van der Waals surface area contributed by atoms with Crippen LogP contribution in [0.1, 0.15) is 19.8 Å². The Morgan fingerprint density at radius 1 is 0.947 bits per heavy atom. The van der Waals surface area contributed by atoms with E-state index in [1.165, 1.54) is 0 Å². The number of hydrogen-bond acceptors (Lipinski definition) is 6. The van der Waals surface area contributed by atoms with Crippen molar-refractivity contribution in [1.82, 2.24) is 0 Å². The van der Waals surface area contributed by atoms with Crippen molar-refractivity contribution < 1.29 is 18.9 Å². The summed E-state index contributed by atoms with van der Waals surface area (Å²) in [4.78, 5) is 0. The van der Waals surface area contributed by atoms with Gasteiger partial charge in [-0.25, -0.2) is 0 Å². The number of methoxy groups -OCH3 is 1. The van der Waals surface area contributed by atoms with Gasteiger partial charge in [0.15, 0.2) is 0 Å². The molecular formula is C13H26N2O4. The first-order valence-corrected chi connectivity index (χ1v) is 6.54. The van der Waals surface area contributed by atoms with E-state index in [0.717, 1.165) is 6.42 Å². The summed E-state index contributed by atoms with van der Waals surface area (Å²) in [5.41, 5.74) is 4.93. The molecule has 0 aliphatic carbocycles. The smallest absolute Gasteiger partial charge is 0.101 e. The summed E-state index contributed by atoms with van der Waals surface area (Å²) < 4.78 is 20.8. The van der Waals surface area contributed by atoms with E-state index in [9.17, 15) is 0 Å². The first-order valence-electron chi connectivity index (χ1n) is 6.54. The van der Waals surface area contributed by atoms with E-state index in [-0.39, 0.29) is 0 Å². The van der Waals surface area contributed by atoms with Crippen LogP contribution in [0.15, 0.2) is 0 Å². The zero-order valence-electron chi connectivity index (χ0n) is 12.0. The van der Waals surface area contributed by atoms with Crippen molar-refractivity contribution in [3.05, 3.63) is 0 Å². The van der Waals surface area contributed by atoms with Crippen LogP contribution in [0.25, 0.3) is 0 Å². The van der Waals surface area contributed by atoms with Crippen LogP contribution in [-0.2, 0) is 18.9 Å². The molecule has 2 N–H and O–H groups in total. The molecule has 6 heteroatoms. The van der Waals surface area contributed by atoms with E-state index in [4.69, 9.17) is 29.9 Å². The lowest BCUT2D eigenvalue weighted by molar-refractivity contribution is 0.00304. The highest BCUT2D eigenvalue weighted by Gasteiger charge is 2.15. The quantitative estimate of drug-likeness (QED) is 0.498. The first kappa shape index (κ1) is 18.3. The van der Waals surface area contributed by atoms with Crippen molar-refractivity contribution in [1.29, 1.82) is 5.26 Å². The van der Waals surface area contributed by atoms with Gasteiger partial charge in [-0.3, -0.25) is 0 Å².